The number of nitrogens with zero attached hydrogens (tertiary/aromatic N) is 2. The van der Waals surface area contributed by atoms with Gasteiger partial charge in [-0.25, -0.2) is 4.79 Å². The first-order chi connectivity index (χ1) is 12.1. The maximum Gasteiger partial charge on any atom is 0.317 e. The van der Waals surface area contributed by atoms with Crippen LogP contribution in [0.5, 0.6) is 0 Å². The summed E-state index contributed by atoms with van der Waals surface area (Å²) in [4.78, 5) is 31.1. The van der Waals surface area contributed by atoms with E-state index >= 15 is 0 Å². The van der Waals surface area contributed by atoms with Crippen LogP contribution in [0.15, 0.2) is 17.5 Å². The zero-order chi connectivity index (χ0) is 17.8. The highest BCUT2D eigenvalue weighted by Gasteiger charge is 2.39. The van der Waals surface area contributed by atoms with E-state index in [2.05, 4.69) is 22.8 Å². The second-order valence-corrected chi connectivity index (χ2v) is 8.91. The monoisotopic (exact) mass is 383 g/mol. The smallest absolute Gasteiger partial charge is 0.317 e. The minimum absolute atomic E-state index is 0.0386. The van der Waals surface area contributed by atoms with E-state index in [1.807, 2.05) is 23.6 Å². The summed E-state index contributed by atoms with van der Waals surface area (Å²) in [6.45, 7) is 9.82. The van der Waals surface area contributed by atoms with Crippen LogP contribution in [0.1, 0.15) is 24.1 Å². The number of amides is 3. The molecule has 138 valence electrons. The highest BCUT2D eigenvalue weighted by Crippen LogP contribution is 2.43. The lowest BCUT2D eigenvalue weighted by molar-refractivity contribution is -0.903. The number of hydrogen-bond acceptors (Lipinski definition) is 4. The predicted molar refractivity (Wildman–Crippen MR) is 102 cm³/mol. The number of thiophene rings is 1. The topological polar surface area (TPSA) is 57.1 Å². The first kappa shape index (κ1) is 18.5. The quantitative estimate of drug-likeness (QED) is 0.785. The molecule has 0 spiro atoms. The van der Waals surface area contributed by atoms with Gasteiger partial charge in [-0.15, -0.1) is 23.1 Å². The Hall–Kier alpha value is -1.25. The first-order valence-electron chi connectivity index (χ1n) is 8.95. The number of piperazine rings is 1. The third-order valence-corrected chi connectivity index (χ3v) is 7.28. The Morgan fingerprint density at radius 2 is 2.16 bits per heavy atom. The summed E-state index contributed by atoms with van der Waals surface area (Å²) in [5.41, 5.74) is 0. The van der Waals surface area contributed by atoms with Crippen molar-refractivity contribution in [2.24, 2.45) is 0 Å². The van der Waals surface area contributed by atoms with Gasteiger partial charge in [0, 0.05) is 11.4 Å². The fourth-order valence-electron chi connectivity index (χ4n) is 3.37. The number of quaternary nitrogens is 1. The summed E-state index contributed by atoms with van der Waals surface area (Å²) in [5.74, 6) is 0.253. The van der Waals surface area contributed by atoms with Crippen molar-refractivity contribution >= 4 is 35.0 Å². The van der Waals surface area contributed by atoms with Crippen LogP contribution in [-0.2, 0) is 4.79 Å². The van der Waals surface area contributed by atoms with E-state index in [-0.39, 0.29) is 22.6 Å². The molecule has 3 heterocycles. The standard InChI is InChI=1S/C17H26N4O2S2/c1-3-18-17(23)20-9-6-19(7-10-20)8-11-21-15(22)13(2)25-16(21)14-5-4-12-24-14/h4-5,12-13,16H,3,6-11H2,1-2H3,(H,18,23)/p+1/t13-,16+/m0/s1. The maximum absolute atomic E-state index is 12.5. The van der Waals surface area contributed by atoms with Crippen molar-refractivity contribution in [2.75, 3.05) is 45.8 Å². The first-order valence-corrected chi connectivity index (χ1v) is 10.8. The lowest BCUT2D eigenvalue weighted by atomic mass is 10.3. The van der Waals surface area contributed by atoms with Crippen LogP contribution in [0.4, 0.5) is 4.79 Å². The number of hydrogen-bond donors (Lipinski definition) is 2. The third kappa shape index (κ3) is 4.30. The van der Waals surface area contributed by atoms with Gasteiger partial charge in [0.15, 0.2) is 0 Å². The summed E-state index contributed by atoms with van der Waals surface area (Å²) in [6.07, 6.45) is 0. The zero-order valence-electron chi connectivity index (χ0n) is 14.9. The van der Waals surface area contributed by atoms with Crippen LogP contribution in [0.3, 0.4) is 0 Å². The molecule has 0 unspecified atom stereocenters. The lowest BCUT2D eigenvalue weighted by Gasteiger charge is -2.33. The molecule has 2 atom stereocenters. The number of rotatable bonds is 5. The van der Waals surface area contributed by atoms with Crippen LogP contribution in [0, 0.1) is 0 Å². The lowest BCUT2D eigenvalue weighted by Crippen LogP contribution is -3.15. The van der Waals surface area contributed by atoms with Crippen molar-refractivity contribution < 1.29 is 14.5 Å². The third-order valence-electron chi connectivity index (χ3n) is 4.83. The molecular weight excluding hydrogens is 356 g/mol. The summed E-state index contributed by atoms with van der Waals surface area (Å²) in [6, 6.07) is 4.22. The van der Waals surface area contributed by atoms with Crippen molar-refractivity contribution in [3.63, 3.8) is 0 Å². The SMILES string of the molecule is CCNC(=O)N1CC[NH+](CCN2C(=O)[C@H](C)S[C@@H]2c2cccs2)CC1. The summed E-state index contributed by atoms with van der Waals surface area (Å²) >= 11 is 3.48. The molecule has 8 heteroatoms. The van der Waals surface area contributed by atoms with Crippen LogP contribution < -0.4 is 10.2 Å². The fraction of sp³-hybridized carbons (Fsp3) is 0.647. The van der Waals surface area contributed by atoms with E-state index in [1.54, 1.807) is 23.1 Å². The van der Waals surface area contributed by atoms with Gasteiger partial charge in [-0.2, -0.15) is 0 Å². The number of carbonyl (C=O) groups excluding carboxylic acids is 2. The molecule has 6 nitrogen and oxygen atoms in total. The van der Waals surface area contributed by atoms with Gasteiger partial charge in [0.25, 0.3) is 0 Å². The Kier molecular flexibility index (Phi) is 6.24. The van der Waals surface area contributed by atoms with Crippen LogP contribution in [0.2, 0.25) is 0 Å². The van der Waals surface area contributed by atoms with Crippen molar-refractivity contribution in [1.82, 2.24) is 15.1 Å². The minimum atomic E-state index is 0.0386. The van der Waals surface area contributed by atoms with Gasteiger partial charge in [-0.05, 0) is 25.3 Å². The minimum Gasteiger partial charge on any atom is -0.338 e. The molecule has 2 saturated heterocycles. The van der Waals surface area contributed by atoms with E-state index in [9.17, 15) is 9.59 Å². The van der Waals surface area contributed by atoms with Crippen molar-refractivity contribution in [3.8, 4) is 0 Å². The fourth-order valence-corrected chi connectivity index (χ4v) is 5.63. The van der Waals surface area contributed by atoms with Crippen molar-refractivity contribution in [3.05, 3.63) is 22.4 Å². The molecule has 0 saturated carbocycles. The largest absolute Gasteiger partial charge is 0.338 e. The van der Waals surface area contributed by atoms with E-state index in [0.717, 1.165) is 39.3 Å². The Bertz CT molecular complexity index is 587. The maximum atomic E-state index is 12.5. The van der Waals surface area contributed by atoms with Crippen molar-refractivity contribution in [2.45, 2.75) is 24.5 Å². The molecule has 2 fully saturated rings. The zero-order valence-corrected chi connectivity index (χ0v) is 16.5. The van der Waals surface area contributed by atoms with Gasteiger partial charge in [0.05, 0.1) is 44.5 Å². The molecule has 3 rings (SSSR count). The molecule has 2 N–H and O–H groups in total. The van der Waals surface area contributed by atoms with E-state index in [4.69, 9.17) is 0 Å². The van der Waals surface area contributed by atoms with Crippen molar-refractivity contribution in [1.29, 1.82) is 0 Å². The molecule has 0 radical (unpaired) electrons. The van der Waals surface area contributed by atoms with E-state index in [0.29, 0.717) is 6.54 Å². The molecular formula is C17H27N4O2S2+. The van der Waals surface area contributed by atoms with Gasteiger partial charge in [0.2, 0.25) is 5.91 Å². The highest BCUT2D eigenvalue weighted by atomic mass is 32.2. The molecule has 1 aromatic rings. The number of thioether (sulfide) groups is 1. The molecule has 0 aliphatic carbocycles. The average Bonchev–Trinajstić information content (AvgIpc) is 3.23. The number of urea groups is 1. The summed E-state index contributed by atoms with van der Waals surface area (Å²) < 4.78 is 0. The average molecular weight is 384 g/mol. The molecule has 2 aliphatic rings. The van der Waals surface area contributed by atoms with Crippen LogP contribution in [0.25, 0.3) is 0 Å². The Balaban J connectivity index is 1.51. The second-order valence-electron chi connectivity index (χ2n) is 6.50. The Labute approximate surface area is 157 Å². The Morgan fingerprint density at radius 1 is 1.40 bits per heavy atom. The molecule has 0 aromatic carbocycles. The van der Waals surface area contributed by atoms with Gasteiger partial charge >= 0.3 is 6.03 Å². The molecule has 3 amide bonds. The molecule has 1 aromatic heterocycles. The number of nitrogens with one attached hydrogen (secondary N) is 2. The molecule has 0 bridgehead atoms. The van der Waals surface area contributed by atoms with Gasteiger partial charge < -0.3 is 20.0 Å². The highest BCUT2D eigenvalue weighted by molar-refractivity contribution is 8.01. The summed E-state index contributed by atoms with van der Waals surface area (Å²) in [5, 5.41) is 5.14. The molecule has 2 aliphatic heterocycles. The predicted octanol–water partition coefficient (Wildman–Crippen LogP) is 0.641. The summed E-state index contributed by atoms with van der Waals surface area (Å²) in [7, 11) is 0. The Morgan fingerprint density at radius 3 is 2.80 bits per heavy atom. The van der Waals surface area contributed by atoms with E-state index < -0.39 is 0 Å². The normalized spacial score (nSPS) is 24.8. The van der Waals surface area contributed by atoms with E-state index in [1.165, 1.54) is 9.78 Å². The number of carbonyl (C=O) groups is 2. The molecule has 25 heavy (non-hydrogen) atoms. The van der Waals surface area contributed by atoms with Crippen LogP contribution >= 0.6 is 23.1 Å². The van der Waals surface area contributed by atoms with Crippen LogP contribution in [-0.4, -0.2) is 72.8 Å². The van der Waals surface area contributed by atoms with Gasteiger partial charge in [-0.3, -0.25) is 4.79 Å². The van der Waals surface area contributed by atoms with Gasteiger partial charge in [-0.1, -0.05) is 6.07 Å². The van der Waals surface area contributed by atoms with Gasteiger partial charge in [0.1, 0.15) is 5.37 Å². The second kappa shape index (κ2) is 8.42.